The van der Waals surface area contributed by atoms with E-state index in [0.717, 1.165) is 22.7 Å². The molecule has 0 aliphatic heterocycles. The number of sulfonamides is 1. The number of hydrogen-bond donors (Lipinski definition) is 1. The van der Waals surface area contributed by atoms with Gasteiger partial charge in [0, 0.05) is 13.1 Å². The summed E-state index contributed by atoms with van der Waals surface area (Å²) in [5.74, 6) is -1.86. The maximum absolute atomic E-state index is 13.7. The molecule has 1 atom stereocenters. The summed E-state index contributed by atoms with van der Waals surface area (Å²) in [6.07, 6.45) is 0.483. The van der Waals surface area contributed by atoms with E-state index in [4.69, 9.17) is 4.74 Å². The number of nitrogens with zero attached hydrogens (tertiary/aromatic N) is 1. The number of ether oxygens (including phenoxy) is 1. The Kier molecular flexibility index (Phi) is 6.37. The quantitative estimate of drug-likeness (QED) is 0.777. The lowest BCUT2D eigenvalue weighted by Gasteiger charge is -2.19. The molecular weight excluding hydrogens is 378 g/mol. The van der Waals surface area contributed by atoms with E-state index in [9.17, 15) is 22.0 Å². The summed E-state index contributed by atoms with van der Waals surface area (Å²) in [6, 6.07) is 9.00. The zero-order valence-corrected chi connectivity index (χ0v) is 15.9. The summed E-state index contributed by atoms with van der Waals surface area (Å²) in [6.45, 7) is 1.72. The number of benzene rings is 2. The predicted octanol–water partition coefficient (Wildman–Crippen LogP) is 3.16. The Labute approximate surface area is 156 Å². The molecule has 1 N–H and O–H groups in total. The van der Waals surface area contributed by atoms with Crippen LogP contribution in [0.3, 0.4) is 0 Å². The fourth-order valence-corrected chi connectivity index (χ4v) is 2.72. The average Bonchev–Trinajstić information content (AvgIpc) is 2.61. The van der Waals surface area contributed by atoms with Crippen molar-refractivity contribution in [2.75, 3.05) is 22.9 Å². The molecule has 0 bridgehead atoms. The number of hydrogen-bond acceptors (Lipinski definition) is 4. The summed E-state index contributed by atoms with van der Waals surface area (Å²) < 4.78 is 56.4. The number of nitrogens with one attached hydrogen (secondary N) is 1. The van der Waals surface area contributed by atoms with Gasteiger partial charge < -0.3 is 10.1 Å². The Balaban J connectivity index is 2.08. The zero-order chi connectivity index (χ0) is 20.2. The molecule has 27 heavy (non-hydrogen) atoms. The molecule has 2 aromatic carbocycles. The predicted molar refractivity (Wildman–Crippen MR) is 99.4 cm³/mol. The lowest BCUT2D eigenvalue weighted by atomic mass is 10.2. The molecule has 0 radical (unpaired) electrons. The van der Waals surface area contributed by atoms with Gasteiger partial charge in [0.25, 0.3) is 5.91 Å². The summed E-state index contributed by atoms with van der Waals surface area (Å²) in [4.78, 5) is 12.3. The number of amides is 1. The zero-order valence-electron chi connectivity index (χ0n) is 15.1. The largest absolute Gasteiger partial charge is 0.481 e. The third-order valence-electron chi connectivity index (χ3n) is 3.83. The Bertz CT molecular complexity index is 917. The van der Waals surface area contributed by atoms with Crippen LogP contribution in [0.1, 0.15) is 13.3 Å². The van der Waals surface area contributed by atoms with Gasteiger partial charge in [0.1, 0.15) is 17.4 Å². The van der Waals surface area contributed by atoms with Crippen LogP contribution in [0.25, 0.3) is 0 Å². The molecule has 1 amide bonds. The van der Waals surface area contributed by atoms with Crippen LogP contribution in [0.15, 0.2) is 42.5 Å². The molecule has 0 aromatic heterocycles. The Morgan fingerprint density at radius 1 is 1.19 bits per heavy atom. The number of anilines is 2. The van der Waals surface area contributed by atoms with Crippen molar-refractivity contribution in [3.05, 3.63) is 54.1 Å². The molecule has 6 nitrogen and oxygen atoms in total. The van der Waals surface area contributed by atoms with Crippen molar-refractivity contribution < 1.29 is 26.7 Å². The van der Waals surface area contributed by atoms with Gasteiger partial charge in [0.05, 0.1) is 17.6 Å². The number of halogens is 2. The summed E-state index contributed by atoms with van der Waals surface area (Å²) in [7, 11) is -1.96. The van der Waals surface area contributed by atoms with Crippen LogP contribution < -0.4 is 14.4 Å². The third-order valence-corrected chi connectivity index (χ3v) is 5.03. The van der Waals surface area contributed by atoms with Crippen molar-refractivity contribution in [2.45, 2.75) is 19.4 Å². The first-order chi connectivity index (χ1) is 12.6. The first kappa shape index (κ1) is 20.6. The normalized spacial score (nSPS) is 12.3. The minimum absolute atomic E-state index is 0.145. The highest BCUT2D eigenvalue weighted by Gasteiger charge is 2.20. The molecule has 2 rings (SSSR count). The molecule has 0 saturated carbocycles. The Hall–Kier alpha value is -2.68. The van der Waals surface area contributed by atoms with Gasteiger partial charge in [-0.3, -0.25) is 9.10 Å². The topological polar surface area (TPSA) is 75.7 Å². The summed E-state index contributed by atoms with van der Waals surface area (Å²) >= 11 is 0. The van der Waals surface area contributed by atoms with Gasteiger partial charge in [-0.05, 0) is 42.8 Å². The Morgan fingerprint density at radius 2 is 1.81 bits per heavy atom. The van der Waals surface area contributed by atoms with E-state index in [1.165, 1.54) is 19.2 Å². The Morgan fingerprint density at radius 3 is 2.33 bits per heavy atom. The molecule has 0 saturated heterocycles. The van der Waals surface area contributed by atoms with Crippen LogP contribution in [-0.2, 0) is 14.8 Å². The van der Waals surface area contributed by atoms with Crippen LogP contribution in [-0.4, -0.2) is 33.7 Å². The van der Waals surface area contributed by atoms with Crippen molar-refractivity contribution >= 4 is 27.3 Å². The highest BCUT2D eigenvalue weighted by Crippen LogP contribution is 2.22. The molecular formula is C18H20F2N2O4S. The lowest BCUT2D eigenvalue weighted by molar-refractivity contribution is -0.122. The van der Waals surface area contributed by atoms with Crippen molar-refractivity contribution in [3.8, 4) is 5.75 Å². The van der Waals surface area contributed by atoms with Crippen molar-refractivity contribution in [1.82, 2.24) is 0 Å². The molecule has 9 heteroatoms. The van der Waals surface area contributed by atoms with Gasteiger partial charge >= 0.3 is 0 Å². The van der Waals surface area contributed by atoms with Crippen molar-refractivity contribution in [3.63, 3.8) is 0 Å². The second-order valence-corrected chi connectivity index (χ2v) is 7.87. The van der Waals surface area contributed by atoms with E-state index in [2.05, 4.69) is 5.32 Å². The van der Waals surface area contributed by atoms with Crippen LogP contribution in [0.2, 0.25) is 0 Å². The second-order valence-electron chi connectivity index (χ2n) is 5.85. The van der Waals surface area contributed by atoms with Crippen LogP contribution >= 0.6 is 0 Å². The number of carbonyl (C=O) groups is 1. The molecule has 2 aromatic rings. The molecule has 0 spiro atoms. The first-order valence-electron chi connectivity index (χ1n) is 8.08. The van der Waals surface area contributed by atoms with Crippen LogP contribution in [0.5, 0.6) is 5.75 Å². The van der Waals surface area contributed by atoms with Crippen LogP contribution in [0.4, 0.5) is 20.2 Å². The van der Waals surface area contributed by atoms with E-state index < -0.39 is 33.7 Å². The van der Waals surface area contributed by atoms with E-state index in [-0.39, 0.29) is 5.69 Å². The minimum Gasteiger partial charge on any atom is -0.481 e. The average molecular weight is 398 g/mol. The smallest absolute Gasteiger partial charge is 0.265 e. The summed E-state index contributed by atoms with van der Waals surface area (Å²) in [5.41, 5.74) is 0.296. The minimum atomic E-state index is -3.39. The monoisotopic (exact) mass is 398 g/mol. The molecule has 1 unspecified atom stereocenters. The number of rotatable bonds is 7. The van der Waals surface area contributed by atoms with Crippen molar-refractivity contribution in [2.24, 2.45) is 0 Å². The fourth-order valence-electron chi connectivity index (χ4n) is 2.22. The lowest BCUT2D eigenvalue weighted by Crippen LogP contribution is -2.32. The highest BCUT2D eigenvalue weighted by atomic mass is 32.2. The standard InChI is InChI=1S/C18H20F2N2O4S/c1-4-17(18(23)21-16-10-5-12(19)11-15(16)20)26-14-8-6-13(7-9-14)22(2)27(3,24)25/h5-11,17H,4H2,1-3H3,(H,21,23). The number of carbonyl (C=O) groups excluding carboxylic acids is 1. The van der Waals surface area contributed by atoms with Gasteiger partial charge in [-0.25, -0.2) is 17.2 Å². The maximum atomic E-state index is 13.7. The first-order valence-corrected chi connectivity index (χ1v) is 9.93. The molecule has 0 aliphatic carbocycles. The van der Waals surface area contributed by atoms with Gasteiger partial charge in [-0.2, -0.15) is 0 Å². The van der Waals surface area contributed by atoms with E-state index in [1.807, 2.05) is 0 Å². The third kappa shape index (κ3) is 5.40. The van der Waals surface area contributed by atoms with Gasteiger partial charge in [-0.15, -0.1) is 0 Å². The van der Waals surface area contributed by atoms with E-state index >= 15 is 0 Å². The van der Waals surface area contributed by atoms with Gasteiger partial charge in [-0.1, -0.05) is 6.92 Å². The molecule has 0 heterocycles. The maximum Gasteiger partial charge on any atom is 0.265 e. The van der Waals surface area contributed by atoms with E-state index in [0.29, 0.717) is 23.9 Å². The highest BCUT2D eigenvalue weighted by molar-refractivity contribution is 7.92. The van der Waals surface area contributed by atoms with Crippen LogP contribution in [0, 0.1) is 11.6 Å². The fraction of sp³-hybridized carbons (Fsp3) is 0.278. The SMILES string of the molecule is CCC(Oc1ccc(N(C)S(C)(=O)=O)cc1)C(=O)Nc1ccc(F)cc1F. The second kappa shape index (κ2) is 8.34. The molecule has 0 fully saturated rings. The van der Waals surface area contributed by atoms with E-state index in [1.54, 1.807) is 19.1 Å². The van der Waals surface area contributed by atoms with Gasteiger partial charge in [0.2, 0.25) is 10.0 Å². The molecule has 0 aliphatic rings. The van der Waals surface area contributed by atoms with Gasteiger partial charge in [0.15, 0.2) is 6.10 Å². The summed E-state index contributed by atoms with van der Waals surface area (Å²) in [5, 5.41) is 2.37. The molecule has 146 valence electrons. The van der Waals surface area contributed by atoms with Crippen molar-refractivity contribution in [1.29, 1.82) is 0 Å².